The number of hydrogen-bond donors (Lipinski definition) is 5. The average molecular weight is 695 g/mol. The number of carbonyl (C=O) groups is 4. The zero-order valence-electron chi connectivity index (χ0n) is 28.4. The summed E-state index contributed by atoms with van der Waals surface area (Å²) in [6.45, 7) is 9.26. The van der Waals surface area contributed by atoms with E-state index in [4.69, 9.17) is 28.1 Å². The van der Waals surface area contributed by atoms with Gasteiger partial charge in [0.25, 0.3) is 0 Å². The predicted octanol–water partition coefficient (Wildman–Crippen LogP) is 1.03. The number of ketones is 1. The SMILES string of the molecule is CC(=O)OC1CC(=O)OC(C)(C)[C@@H]2CC(=O)[C@]3(C)[C@H](CC[C@@](C)([C@H](O[C@@H]4O[C@H](CO)[C@@H](O)[C@H](O)[C@H]4O)c4ccoc4)[C@@]34O[C@@H]4C(=O)O)[C@@]12C. The van der Waals surface area contributed by atoms with Gasteiger partial charge in [0, 0.05) is 35.7 Å². The summed E-state index contributed by atoms with van der Waals surface area (Å²) in [5.74, 6) is -4.14. The molecule has 15 nitrogen and oxygen atoms in total. The van der Waals surface area contributed by atoms with Crippen LogP contribution in [0, 0.1) is 28.1 Å². The van der Waals surface area contributed by atoms with Gasteiger partial charge < -0.3 is 53.6 Å². The number of carbonyl (C=O) groups excluding carboxylic acids is 3. The molecule has 5 fully saturated rings. The monoisotopic (exact) mass is 694 g/mol. The molecule has 1 aromatic rings. The highest BCUT2D eigenvalue weighted by Gasteiger charge is 2.87. The van der Waals surface area contributed by atoms with Crippen LogP contribution in [0.25, 0.3) is 0 Å². The van der Waals surface area contributed by atoms with Crippen molar-refractivity contribution >= 4 is 23.7 Å². The highest BCUT2D eigenvalue weighted by molar-refractivity contribution is 5.92. The van der Waals surface area contributed by atoms with Crippen LogP contribution in [0.15, 0.2) is 23.0 Å². The maximum atomic E-state index is 14.8. The quantitative estimate of drug-likeness (QED) is 0.198. The fourth-order valence-corrected chi connectivity index (χ4v) is 10.4. The Kier molecular flexibility index (Phi) is 8.66. The van der Waals surface area contributed by atoms with Crippen LogP contribution in [-0.4, -0.2) is 110 Å². The predicted molar refractivity (Wildman–Crippen MR) is 162 cm³/mol. The van der Waals surface area contributed by atoms with Crippen LogP contribution < -0.4 is 0 Å². The van der Waals surface area contributed by atoms with E-state index in [0.29, 0.717) is 5.56 Å². The van der Waals surface area contributed by atoms with Crippen molar-refractivity contribution in [3.63, 3.8) is 0 Å². The van der Waals surface area contributed by atoms with Crippen molar-refractivity contribution < 1.29 is 72.8 Å². The van der Waals surface area contributed by atoms with Crippen LogP contribution in [-0.2, 0) is 42.9 Å². The van der Waals surface area contributed by atoms with E-state index in [-0.39, 0.29) is 31.5 Å². The van der Waals surface area contributed by atoms with Gasteiger partial charge in [-0.15, -0.1) is 0 Å². The van der Waals surface area contributed by atoms with Crippen molar-refractivity contribution in [2.75, 3.05) is 6.61 Å². The number of aliphatic hydroxyl groups is 4. The number of aliphatic carboxylic acids is 1. The first kappa shape index (κ1) is 35.9. The van der Waals surface area contributed by atoms with Crippen LogP contribution >= 0.6 is 0 Å². The van der Waals surface area contributed by atoms with Crippen molar-refractivity contribution in [2.24, 2.45) is 28.1 Å². The van der Waals surface area contributed by atoms with Crippen LogP contribution in [0.4, 0.5) is 0 Å². The summed E-state index contributed by atoms with van der Waals surface area (Å²) in [6.07, 6.45) is -8.99. The molecule has 14 atom stereocenters. The Labute approximate surface area is 282 Å². The van der Waals surface area contributed by atoms with Crippen molar-refractivity contribution in [1.29, 1.82) is 0 Å². The Hall–Kier alpha value is -2.92. The van der Waals surface area contributed by atoms with E-state index in [9.17, 15) is 44.7 Å². The number of carboxylic acids is 1. The summed E-state index contributed by atoms with van der Waals surface area (Å²) in [5, 5.41) is 52.3. The lowest BCUT2D eigenvalue weighted by atomic mass is 9.37. The molecule has 0 bridgehead atoms. The number of esters is 2. The van der Waals surface area contributed by atoms with Crippen LogP contribution in [0.1, 0.15) is 78.9 Å². The molecule has 0 radical (unpaired) electrons. The number of fused-ring (bicyclic) bond motifs is 4. The molecule has 15 heteroatoms. The molecule has 3 aliphatic heterocycles. The van der Waals surface area contributed by atoms with E-state index in [1.807, 2.05) is 6.92 Å². The van der Waals surface area contributed by atoms with Crippen molar-refractivity contribution in [2.45, 2.75) is 127 Å². The molecule has 1 spiro atoms. The lowest BCUT2D eigenvalue weighted by Crippen LogP contribution is -2.72. The van der Waals surface area contributed by atoms with Gasteiger partial charge in [-0.25, -0.2) is 4.79 Å². The van der Waals surface area contributed by atoms with Crippen molar-refractivity contribution in [3.05, 3.63) is 24.2 Å². The molecule has 272 valence electrons. The lowest BCUT2D eigenvalue weighted by Gasteiger charge is -2.65. The largest absolute Gasteiger partial charge is 0.479 e. The number of Topliss-reactive ketones (excluding diaryl/α,β-unsaturated/α-hetero) is 1. The Bertz CT molecular complexity index is 1490. The van der Waals surface area contributed by atoms with Gasteiger partial charge in [-0.2, -0.15) is 0 Å². The fourth-order valence-electron chi connectivity index (χ4n) is 10.4. The van der Waals surface area contributed by atoms with Crippen LogP contribution in [0.2, 0.25) is 0 Å². The van der Waals surface area contributed by atoms with E-state index in [1.165, 1.54) is 19.5 Å². The Morgan fingerprint density at radius 2 is 1.71 bits per heavy atom. The summed E-state index contributed by atoms with van der Waals surface area (Å²) in [4.78, 5) is 53.4. The second kappa shape index (κ2) is 11.8. The number of ether oxygens (including phenoxy) is 5. The van der Waals surface area contributed by atoms with Gasteiger partial charge in [0.05, 0.1) is 37.1 Å². The molecule has 2 aliphatic carbocycles. The number of hydrogen-bond acceptors (Lipinski definition) is 14. The standard InChI is InChI=1S/C34H46O15/c1-15(36)45-21-12-22(38)48-30(2,3)19-11-20(37)33(6)18(32(19,21)5)7-9-31(4,34(33)27(49-34)28(42)43)26(16-8-10-44-14-16)47-29-25(41)24(40)23(39)17(13-35)46-29/h8,10,14,17-19,21,23-27,29,35,39-41H,7,9,11-13H2,1-6H3,(H,42,43)/t17-,18-,19+,21?,23-,24+,25-,26-,27-,29+,31+,32-,33+,34-/m1/s1. The number of furan rings is 1. The van der Waals surface area contributed by atoms with Crippen LogP contribution in [0.5, 0.6) is 0 Å². The molecule has 0 aromatic carbocycles. The zero-order valence-corrected chi connectivity index (χ0v) is 28.4. The van der Waals surface area contributed by atoms with Crippen molar-refractivity contribution in [1.82, 2.24) is 0 Å². The fraction of sp³-hybridized carbons (Fsp3) is 0.765. The molecule has 4 heterocycles. The molecule has 5 aliphatic rings. The Morgan fingerprint density at radius 1 is 1.02 bits per heavy atom. The highest BCUT2D eigenvalue weighted by atomic mass is 16.7. The third-order valence-corrected chi connectivity index (χ3v) is 12.7. The topological polar surface area (TPSA) is 232 Å². The molecule has 3 saturated heterocycles. The summed E-state index contributed by atoms with van der Waals surface area (Å²) in [6, 6.07) is 1.58. The zero-order chi connectivity index (χ0) is 36.1. The lowest BCUT2D eigenvalue weighted by molar-refractivity contribution is -0.328. The molecule has 1 unspecified atom stereocenters. The average Bonchev–Trinajstić information content (AvgIpc) is 3.60. The summed E-state index contributed by atoms with van der Waals surface area (Å²) in [7, 11) is 0. The first-order chi connectivity index (χ1) is 22.8. The smallest absolute Gasteiger partial charge is 0.335 e. The molecule has 5 N–H and O–H groups in total. The van der Waals surface area contributed by atoms with Crippen LogP contribution in [0.3, 0.4) is 0 Å². The van der Waals surface area contributed by atoms with E-state index >= 15 is 0 Å². The molecule has 49 heavy (non-hydrogen) atoms. The molecule has 0 amide bonds. The highest BCUT2D eigenvalue weighted by Crippen LogP contribution is 2.77. The summed E-state index contributed by atoms with van der Waals surface area (Å²) >= 11 is 0. The molecule has 2 saturated carbocycles. The van der Waals surface area contributed by atoms with Crippen molar-refractivity contribution in [3.8, 4) is 0 Å². The second-order valence-corrected chi connectivity index (χ2v) is 15.5. The minimum Gasteiger partial charge on any atom is -0.479 e. The van der Waals surface area contributed by atoms with E-state index in [0.717, 1.165) is 0 Å². The maximum absolute atomic E-state index is 14.8. The maximum Gasteiger partial charge on any atom is 0.335 e. The Balaban J connectivity index is 1.51. The van der Waals surface area contributed by atoms with E-state index in [1.54, 1.807) is 33.8 Å². The molecular weight excluding hydrogens is 648 g/mol. The van der Waals surface area contributed by atoms with Gasteiger partial charge in [0.15, 0.2) is 12.4 Å². The number of carboxylic acid groups (broad SMARTS) is 1. The summed E-state index contributed by atoms with van der Waals surface area (Å²) in [5.41, 5.74) is -6.51. The third kappa shape index (κ3) is 4.94. The summed E-state index contributed by atoms with van der Waals surface area (Å²) < 4.78 is 35.6. The second-order valence-electron chi connectivity index (χ2n) is 15.5. The molecular formula is C34H46O15. The van der Waals surface area contributed by atoms with Gasteiger partial charge in [0.1, 0.15) is 47.5 Å². The number of epoxide rings is 1. The number of cyclic esters (lactones) is 1. The van der Waals surface area contributed by atoms with Gasteiger partial charge in [-0.1, -0.05) is 13.8 Å². The van der Waals surface area contributed by atoms with Gasteiger partial charge >= 0.3 is 17.9 Å². The number of aliphatic hydroxyl groups excluding tert-OH is 4. The Morgan fingerprint density at radius 3 is 2.29 bits per heavy atom. The van der Waals surface area contributed by atoms with Gasteiger partial charge in [-0.05, 0) is 45.6 Å². The van der Waals surface area contributed by atoms with Gasteiger partial charge in [-0.3, -0.25) is 14.4 Å². The first-order valence-corrected chi connectivity index (χ1v) is 16.6. The third-order valence-electron chi connectivity index (χ3n) is 12.7. The van der Waals surface area contributed by atoms with Gasteiger partial charge in [0.2, 0.25) is 0 Å². The first-order valence-electron chi connectivity index (χ1n) is 16.6. The molecule has 6 rings (SSSR count). The normalized spacial score (nSPS) is 46.5. The van der Waals surface area contributed by atoms with E-state index < -0.39 is 113 Å². The van der Waals surface area contributed by atoms with E-state index in [2.05, 4.69) is 0 Å². The minimum absolute atomic E-state index is 0.140. The number of rotatable bonds is 7. The molecule has 1 aromatic heterocycles. The minimum atomic E-state index is -1.78.